The van der Waals surface area contributed by atoms with E-state index in [0.29, 0.717) is 12.8 Å². The first kappa shape index (κ1) is 14.7. The van der Waals surface area contributed by atoms with E-state index >= 15 is 0 Å². The van der Waals surface area contributed by atoms with E-state index in [4.69, 9.17) is 0 Å². The SMILES string of the molecule is CC(=O)N1C(=C2Cc3ccccc3N2C(C)=O)Cc2ccccc21. The summed E-state index contributed by atoms with van der Waals surface area (Å²) in [6, 6.07) is 15.9. The van der Waals surface area contributed by atoms with Crippen molar-refractivity contribution in [3.8, 4) is 0 Å². The molecular formula is C20H18N2O2. The molecule has 0 radical (unpaired) electrons. The highest BCUT2D eigenvalue weighted by Crippen LogP contribution is 2.42. The number of benzene rings is 2. The molecule has 0 fully saturated rings. The first-order chi connectivity index (χ1) is 11.6. The molecule has 120 valence electrons. The molecular weight excluding hydrogens is 300 g/mol. The van der Waals surface area contributed by atoms with Gasteiger partial charge in [0.2, 0.25) is 11.8 Å². The van der Waals surface area contributed by atoms with Gasteiger partial charge >= 0.3 is 0 Å². The van der Waals surface area contributed by atoms with Crippen molar-refractivity contribution in [3.05, 3.63) is 71.1 Å². The first-order valence-electron chi connectivity index (χ1n) is 8.07. The Morgan fingerprint density at radius 2 is 1.08 bits per heavy atom. The van der Waals surface area contributed by atoms with E-state index in [-0.39, 0.29) is 11.8 Å². The van der Waals surface area contributed by atoms with Gasteiger partial charge in [0.25, 0.3) is 0 Å². The van der Waals surface area contributed by atoms with Crippen LogP contribution in [0.15, 0.2) is 59.9 Å². The number of anilines is 2. The molecule has 0 aromatic heterocycles. The summed E-state index contributed by atoms with van der Waals surface area (Å²) in [5.41, 5.74) is 5.91. The largest absolute Gasteiger partial charge is 0.283 e. The molecule has 0 aliphatic carbocycles. The van der Waals surface area contributed by atoms with Gasteiger partial charge in [-0.3, -0.25) is 19.4 Å². The van der Waals surface area contributed by atoms with Crippen LogP contribution in [0.25, 0.3) is 0 Å². The lowest BCUT2D eigenvalue weighted by Crippen LogP contribution is -2.32. The van der Waals surface area contributed by atoms with Gasteiger partial charge < -0.3 is 0 Å². The van der Waals surface area contributed by atoms with Crippen LogP contribution in [0.3, 0.4) is 0 Å². The summed E-state index contributed by atoms with van der Waals surface area (Å²) >= 11 is 0. The molecule has 2 amide bonds. The second-order valence-corrected chi connectivity index (χ2v) is 6.21. The highest BCUT2D eigenvalue weighted by molar-refractivity contribution is 6.02. The lowest BCUT2D eigenvalue weighted by Gasteiger charge is -2.24. The lowest BCUT2D eigenvalue weighted by molar-refractivity contribution is -0.117. The zero-order valence-corrected chi connectivity index (χ0v) is 13.7. The van der Waals surface area contributed by atoms with E-state index in [9.17, 15) is 9.59 Å². The molecule has 2 aromatic rings. The molecule has 0 N–H and O–H groups in total. The molecule has 0 atom stereocenters. The van der Waals surface area contributed by atoms with Crippen LogP contribution in [-0.2, 0) is 22.4 Å². The third-order valence-electron chi connectivity index (χ3n) is 4.68. The van der Waals surface area contributed by atoms with E-state index in [2.05, 4.69) is 0 Å². The lowest BCUT2D eigenvalue weighted by atomic mass is 10.1. The quantitative estimate of drug-likeness (QED) is 0.747. The number of hydrogen-bond acceptors (Lipinski definition) is 2. The molecule has 0 bridgehead atoms. The van der Waals surface area contributed by atoms with Crippen molar-refractivity contribution >= 4 is 23.2 Å². The Bertz CT molecular complexity index is 825. The van der Waals surface area contributed by atoms with E-state index in [1.165, 1.54) is 0 Å². The average Bonchev–Trinajstić information content (AvgIpc) is 3.12. The maximum Gasteiger partial charge on any atom is 0.228 e. The van der Waals surface area contributed by atoms with Gasteiger partial charge in [0.1, 0.15) is 0 Å². The van der Waals surface area contributed by atoms with E-state index in [1.807, 2.05) is 48.5 Å². The molecule has 0 spiro atoms. The summed E-state index contributed by atoms with van der Waals surface area (Å²) in [6.45, 7) is 3.14. The van der Waals surface area contributed by atoms with Crippen LogP contribution in [0, 0.1) is 0 Å². The predicted octanol–water partition coefficient (Wildman–Crippen LogP) is 3.42. The van der Waals surface area contributed by atoms with Gasteiger partial charge in [0.15, 0.2) is 0 Å². The van der Waals surface area contributed by atoms with Crippen LogP contribution in [0.4, 0.5) is 11.4 Å². The number of rotatable bonds is 0. The molecule has 2 aromatic carbocycles. The van der Waals surface area contributed by atoms with E-state index < -0.39 is 0 Å². The van der Waals surface area contributed by atoms with Gasteiger partial charge in [-0.1, -0.05) is 36.4 Å². The molecule has 4 nitrogen and oxygen atoms in total. The normalized spacial score (nSPS) is 18.6. The second-order valence-electron chi connectivity index (χ2n) is 6.21. The van der Waals surface area contributed by atoms with Crippen molar-refractivity contribution in [1.29, 1.82) is 0 Å². The number of hydrogen-bond donors (Lipinski definition) is 0. The summed E-state index contributed by atoms with van der Waals surface area (Å²) < 4.78 is 0. The first-order valence-corrected chi connectivity index (χ1v) is 8.07. The number of nitrogens with zero attached hydrogens (tertiary/aromatic N) is 2. The predicted molar refractivity (Wildman–Crippen MR) is 93.6 cm³/mol. The maximum atomic E-state index is 12.3. The Labute approximate surface area is 141 Å². The molecule has 0 saturated heterocycles. The highest BCUT2D eigenvalue weighted by atomic mass is 16.2. The Balaban J connectivity index is 1.91. The number of para-hydroxylation sites is 2. The minimum Gasteiger partial charge on any atom is -0.283 e. The summed E-state index contributed by atoms with van der Waals surface area (Å²) in [5, 5.41) is 0. The number of carbonyl (C=O) groups is 2. The standard InChI is InChI=1S/C20H18N2O2/c1-13(23)21-17-9-5-3-7-15(17)11-19(21)20-12-16-8-4-6-10-18(16)22(20)14(2)24/h3-10H,11-12H2,1-2H3. The number of amides is 2. The summed E-state index contributed by atoms with van der Waals surface area (Å²) in [5.74, 6) is -0.0520. The molecule has 2 aliphatic rings. The fourth-order valence-electron chi connectivity index (χ4n) is 3.75. The molecule has 4 heteroatoms. The fourth-order valence-corrected chi connectivity index (χ4v) is 3.75. The van der Waals surface area contributed by atoms with Crippen molar-refractivity contribution in [2.45, 2.75) is 26.7 Å². The monoisotopic (exact) mass is 318 g/mol. The van der Waals surface area contributed by atoms with Crippen molar-refractivity contribution < 1.29 is 9.59 Å². The Kier molecular flexibility index (Phi) is 3.27. The van der Waals surface area contributed by atoms with Gasteiger partial charge in [-0.25, -0.2) is 0 Å². The summed E-state index contributed by atoms with van der Waals surface area (Å²) in [4.78, 5) is 28.1. The maximum absolute atomic E-state index is 12.3. The molecule has 24 heavy (non-hydrogen) atoms. The molecule has 0 unspecified atom stereocenters. The number of fused-ring (bicyclic) bond motifs is 2. The van der Waals surface area contributed by atoms with E-state index in [0.717, 1.165) is 33.9 Å². The summed E-state index contributed by atoms with van der Waals surface area (Å²) in [6.07, 6.45) is 1.34. The molecule has 2 aliphatic heterocycles. The van der Waals surface area contributed by atoms with Crippen LogP contribution >= 0.6 is 0 Å². The molecule has 4 rings (SSSR count). The Morgan fingerprint density at radius 1 is 0.708 bits per heavy atom. The minimum atomic E-state index is -0.0260. The average molecular weight is 318 g/mol. The molecule has 2 heterocycles. The van der Waals surface area contributed by atoms with E-state index in [1.54, 1.807) is 23.6 Å². The highest BCUT2D eigenvalue weighted by Gasteiger charge is 2.36. The Morgan fingerprint density at radius 3 is 1.46 bits per heavy atom. The minimum absolute atomic E-state index is 0.0260. The zero-order valence-electron chi connectivity index (χ0n) is 13.7. The topological polar surface area (TPSA) is 40.6 Å². The van der Waals surface area contributed by atoms with Crippen LogP contribution in [0.5, 0.6) is 0 Å². The van der Waals surface area contributed by atoms with Gasteiger partial charge in [0.05, 0.1) is 22.8 Å². The third kappa shape index (κ3) is 2.07. The smallest absolute Gasteiger partial charge is 0.228 e. The van der Waals surface area contributed by atoms with Gasteiger partial charge in [-0.2, -0.15) is 0 Å². The van der Waals surface area contributed by atoms with Crippen LogP contribution < -0.4 is 9.80 Å². The second kappa shape index (κ2) is 5.34. The number of allylic oxidation sites excluding steroid dienone is 2. The van der Waals surface area contributed by atoms with Crippen LogP contribution in [-0.4, -0.2) is 11.8 Å². The van der Waals surface area contributed by atoms with Crippen LogP contribution in [0.2, 0.25) is 0 Å². The van der Waals surface area contributed by atoms with Crippen molar-refractivity contribution in [2.24, 2.45) is 0 Å². The van der Waals surface area contributed by atoms with Gasteiger partial charge in [-0.05, 0) is 23.3 Å². The van der Waals surface area contributed by atoms with Crippen LogP contribution in [0.1, 0.15) is 25.0 Å². The van der Waals surface area contributed by atoms with Crippen molar-refractivity contribution in [3.63, 3.8) is 0 Å². The van der Waals surface area contributed by atoms with Crippen molar-refractivity contribution in [2.75, 3.05) is 9.80 Å². The molecule has 0 saturated carbocycles. The third-order valence-corrected chi connectivity index (χ3v) is 4.68. The van der Waals surface area contributed by atoms with Gasteiger partial charge in [0, 0.05) is 26.7 Å². The summed E-state index contributed by atoms with van der Waals surface area (Å²) in [7, 11) is 0. The van der Waals surface area contributed by atoms with Gasteiger partial charge in [-0.15, -0.1) is 0 Å². The Hall–Kier alpha value is -2.88. The zero-order chi connectivity index (χ0) is 16.8. The fraction of sp³-hybridized carbons (Fsp3) is 0.200. The van der Waals surface area contributed by atoms with Crippen molar-refractivity contribution in [1.82, 2.24) is 0 Å². The number of carbonyl (C=O) groups excluding carboxylic acids is 2.